The fourth-order valence-corrected chi connectivity index (χ4v) is 1.73. The number of ether oxygens (including phenoxy) is 1. The molecule has 4 N–H and O–H groups in total. The zero-order valence-electron chi connectivity index (χ0n) is 12.0. The second kappa shape index (κ2) is 9.90. The van der Waals surface area contributed by atoms with E-state index in [9.17, 15) is 9.59 Å². The fraction of sp³-hybridized carbons (Fsp3) is 0.467. The second-order valence-corrected chi connectivity index (χ2v) is 4.77. The normalized spacial score (nSPS) is 11.9. The van der Waals surface area contributed by atoms with Crippen LogP contribution in [0.15, 0.2) is 30.3 Å². The minimum atomic E-state index is -0.992. The number of hydrogen-bond acceptors (Lipinski definition) is 4. The zero-order valence-corrected chi connectivity index (χ0v) is 12.0. The van der Waals surface area contributed by atoms with E-state index in [2.05, 4.69) is 5.32 Å². The molecule has 0 aliphatic heterocycles. The molecule has 6 heteroatoms. The maximum Gasteiger partial charge on any atom is 0.320 e. The number of rotatable bonds is 10. The van der Waals surface area contributed by atoms with Crippen molar-refractivity contribution < 1.29 is 19.4 Å². The van der Waals surface area contributed by atoms with Gasteiger partial charge in [-0.15, -0.1) is 0 Å². The molecule has 6 nitrogen and oxygen atoms in total. The number of carboxylic acid groups (broad SMARTS) is 1. The molecule has 1 aromatic rings. The first-order valence-corrected chi connectivity index (χ1v) is 6.96. The van der Waals surface area contributed by atoms with E-state index in [1.165, 1.54) is 0 Å². The van der Waals surface area contributed by atoms with E-state index in [-0.39, 0.29) is 12.5 Å². The van der Waals surface area contributed by atoms with Gasteiger partial charge in [0.2, 0.25) is 5.91 Å². The van der Waals surface area contributed by atoms with Crippen LogP contribution in [0.25, 0.3) is 0 Å². The molecule has 0 fully saturated rings. The van der Waals surface area contributed by atoms with Crippen LogP contribution in [0, 0.1) is 0 Å². The maximum atomic E-state index is 11.5. The molecule has 0 spiro atoms. The highest BCUT2D eigenvalue weighted by molar-refractivity contribution is 5.77. The Balaban J connectivity index is 2.00. The Labute approximate surface area is 124 Å². The fourth-order valence-electron chi connectivity index (χ4n) is 1.73. The molecule has 21 heavy (non-hydrogen) atoms. The Kier molecular flexibility index (Phi) is 8.08. The lowest BCUT2D eigenvalue weighted by Crippen LogP contribution is -2.31. The van der Waals surface area contributed by atoms with Gasteiger partial charge in [0.25, 0.3) is 0 Å². The number of aliphatic carboxylic acids is 1. The number of carbonyl (C=O) groups is 2. The summed E-state index contributed by atoms with van der Waals surface area (Å²) in [6.45, 7) is 0.922. The topological polar surface area (TPSA) is 102 Å². The van der Waals surface area contributed by atoms with Gasteiger partial charge in [-0.25, -0.2) is 0 Å². The van der Waals surface area contributed by atoms with Gasteiger partial charge in [-0.3, -0.25) is 9.59 Å². The lowest BCUT2D eigenvalue weighted by atomic mass is 10.1. The molecule has 0 saturated heterocycles. The molecule has 0 saturated carbocycles. The van der Waals surface area contributed by atoms with Gasteiger partial charge in [-0.1, -0.05) is 30.3 Å². The van der Waals surface area contributed by atoms with E-state index in [1.807, 2.05) is 30.3 Å². The molecule has 0 aliphatic carbocycles. The highest BCUT2D eigenvalue weighted by atomic mass is 16.5. The summed E-state index contributed by atoms with van der Waals surface area (Å²) in [5, 5.41) is 11.3. The molecule has 1 atom stereocenters. The third kappa shape index (κ3) is 8.06. The zero-order chi connectivity index (χ0) is 15.5. The SMILES string of the molecule is NC(CCCCNC(=O)COCc1ccccc1)C(=O)O. The van der Waals surface area contributed by atoms with Crippen LogP contribution in [0.2, 0.25) is 0 Å². The van der Waals surface area contributed by atoms with Gasteiger partial charge in [0.15, 0.2) is 0 Å². The molecule has 0 aromatic heterocycles. The Morgan fingerprint density at radius 3 is 2.62 bits per heavy atom. The quantitative estimate of drug-likeness (QED) is 0.557. The van der Waals surface area contributed by atoms with Gasteiger partial charge in [-0.2, -0.15) is 0 Å². The van der Waals surface area contributed by atoms with E-state index in [0.717, 1.165) is 5.56 Å². The van der Waals surface area contributed by atoms with E-state index in [0.29, 0.717) is 32.4 Å². The van der Waals surface area contributed by atoms with Crippen LogP contribution >= 0.6 is 0 Å². The lowest BCUT2D eigenvalue weighted by Gasteiger charge is -2.08. The van der Waals surface area contributed by atoms with E-state index < -0.39 is 12.0 Å². The average molecular weight is 294 g/mol. The Bertz CT molecular complexity index is 437. The Morgan fingerprint density at radius 1 is 1.24 bits per heavy atom. The van der Waals surface area contributed by atoms with Crippen LogP contribution in [0.3, 0.4) is 0 Å². The summed E-state index contributed by atoms with van der Waals surface area (Å²) >= 11 is 0. The number of hydrogen-bond donors (Lipinski definition) is 3. The van der Waals surface area contributed by atoms with Gasteiger partial charge in [0.1, 0.15) is 12.6 Å². The molecule has 1 aromatic carbocycles. The van der Waals surface area contributed by atoms with Crippen molar-refractivity contribution in [2.24, 2.45) is 5.73 Å². The molecular formula is C15H22N2O4. The maximum absolute atomic E-state index is 11.5. The van der Waals surface area contributed by atoms with Crippen molar-refractivity contribution in [3.05, 3.63) is 35.9 Å². The third-order valence-corrected chi connectivity index (χ3v) is 2.93. The van der Waals surface area contributed by atoms with Crippen molar-refractivity contribution in [2.75, 3.05) is 13.2 Å². The van der Waals surface area contributed by atoms with Gasteiger partial charge in [-0.05, 0) is 24.8 Å². The van der Waals surface area contributed by atoms with Crippen molar-refractivity contribution in [3.63, 3.8) is 0 Å². The first kappa shape index (κ1) is 17.1. The predicted octanol–water partition coefficient (Wildman–Crippen LogP) is 0.902. The van der Waals surface area contributed by atoms with Gasteiger partial charge in [0, 0.05) is 6.54 Å². The highest BCUT2D eigenvalue weighted by Crippen LogP contribution is 2.00. The molecule has 0 radical (unpaired) electrons. The largest absolute Gasteiger partial charge is 0.480 e. The summed E-state index contributed by atoms with van der Waals surface area (Å²) in [6, 6.07) is 8.80. The smallest absolute Gasteiger partial charge is 0.320 e. The van der Waals surface area contributed by atoms with Crippen LogP contribution in [0.4, 0.5) is 0 Å². The summed E-state index contributed by atoms with van der Waals surface area (Å²) in [5.41, 5.74) is 6.39. The predicted molar refractivity (Wildman–Crippen MR) is 78.6 cm³/mol. The minimum absolute atomic E-state index is 0.0174. The lowest BCUT2D eigenvalue weighted by molar-refractivity contribution is -0.138. The molecule has 0 heterocycles. The van der Waals surface area contributed by atoms with Crippen LogP contribution in [-0.2, 0) is 20.9 Å². The summed E-state index contributed by atoms with van der Waals surface area (Å²) in [7, 11) is 0. The second-order valence-electron chi connectivity index (χ2n) is 4.77. The number of nitrogens with two attached hydrogens (primary N) is 1. The summed E-state index contributed by atoms with van der Waals surface area (Å²) in [4.78, 5) is 22.0. The number of unbranched alkanes of at least 4 members (excludes halogenated alkanes) is 1. The first-order chi connectivity index (χ1) is 10.1. The van der Waals surface area contributed by atoms with Crippen molar-refractivity contribution >= 4 is 11.9 Å². The molecule has 116 valence electrons. The Morgan fingerprint density at radius 2 is 1.95 bits per heavy atom. The van der Waals surface area contributed by atoms with Gasteiger partial charge >= 0.3 is 5.97 Å². The van der Waals surface area contributed by atoms with Crippen molar-refractivity contribution in [1.82, 2.24) is 5.32 Å². The highest BCUT2D eigenvalue weighted by Gasteiger charge is 2.10. The third-order valence-electron chi connectivity index (χ3n) is 2.93. The molecule has 1 unspecified atom stereocenters. The van der Waals surface area contributed by atoms with Crippen LogP contribution in [0.5, 0.6) is 0 Å². The standard InChI is InChI=1S/C15H22N2O4/c16-13(15(19)20)8-4-5-9-17-14(18)11-21-10-12-6-2-1-3-7-12/h1-3,6-7,13H,4-5,8-11,16H2,(H,17,18)(H,19,20). The summed E-state index contributed by atoms with van der Waals surface area (Å²) in [5.74, 6) is -1.16. The minimum Gasteiger partial charge on any atom is -0.480 e. The number of nitrogens with one attached hydrogen (secondary N) is 1. The molecule has 1 rings (SSSR count). The number of amides is 1. The summed E-state index contributed by atoms with van der Waals surface area (Å²) < 4.78 is 5.30. The van der Waals surface area contributed by atoms with E-state index in [4.69, 9.17) is 15.6 Å². The van der Waals surface area contributed by atoms with Crippen molar-refractivity contribution in [3.8, 4) is 0 Å². The molecule has 0 bridgehead atoms. The van der Waals surface area contributed by atoms with Crippen molar-refractivity contribution in [1.29, 1.82) is 0 Å². The summed E-state index contributed by atoms with van der Waals surface area (Å²) in [6.07, 6.45) is 1.78. The number of carbonyl (C=O) groups excluding carboxylic acids is 1. The van der Waals surface area contributed by atoms with Gasteiger partial charge in [0.05, 0.1) is 6.61 Å². The Hall–Kier alpha value is -1.92. The average Bonchev–Trinajstić information content (AvgIpc) is 2.47. The molecule has 0 aliphatic rings. The monoisotopic (exact) mass is 294 g/mol. The number of carboxylic acids is 1. The van der Waals surface area contributed by atoms with Crippen LogP contribution in [0.1, 0.15) is 24.8 Å². The van der Waals surface area contributed by atoms with Crippen LogP contribution < -0.4 is 11.1 Å². The first-order valence-electron chi connectivity index (χ1n) is 6.96. The van der Waals surface area contributed by atoms with E-state index >= 15 is 0 Å². The van der Waals surface area contributed by atoms with E-state index in [1.54, 1.807) is 0 Å². The van der Waals surface area contributed by atoms with Crippen LogP contribution in [-0.4, -0.2) is 36.2 Å². The van der Waals surface area contributed by atoms with Gasteiger partial charge < -0.3 is 20.9 Å². The molecule has 1 amide bonds. The van der Waals surface area contributed by atoms with Crippen molar-refractivity contribution in [2.45, 2.75) is 31.9 Å². The molecular weight excluding hydrogens is 272 g/mol. The number of benzene rings is 1.